The van der Waals surface area contributed by atoms with Crippen LogP contribution >= 0.6 is 0 Å². The van der Waals surface area contributed by atoms with Crippen LogP contribution < -0.4 is 10.0 Å². The maximum absolute atomic E-state index is 13.3. The van der Waals surface area contributed by atoms with E-state index in [4.69, 9.17) is 0 Å². The largest absolute Gasteiger partial charge is 0.351 e. The van der Waals surface area contributed by atoms with Gasteiger partial charge in [-0.05, 0) is 66.8 Å². The van der Waals surface area contributed by atoms with Crippen LogP contribution in [0.3, 0.4) is 0 Å². The van der Waals surface area contributed by atoms with Gasteiger partial charge in [0.05, 0.1) is 9.79 Å². The third-order valence-corrected chi connectivity index (χ3v) is 9.51. The lowest BCUT2D eigenvalue weighted by Crippen LogP contribution is -2.47. The zero-order valence-corrected chi connectivity index (χ0v) is 21.6. The molecule has 1 aliphatic heterocycles. The lowest BCUT2D eigenvalue weighted by atomic mass is 10.1. The number of benzene rings is 3. The highest BCUT2D eigenvalue weighted by Crippen LogP contribution is 2.21. The van der Waals surface area contributed by atoms with Gasteiger partial charge in [0.15, 0.2) is 0 Å². The topological polar surface area (TPSA) is 113 Å². The van der Waals surface area contributed by atoms with Crippen LogP contribution in [0, 0.1) is 5.82 Å². The molecule has 0 aliphatic carbocycles. The maximum Gasteiger partial charge on any atom is 0.243 e. The number of hydrogen-bond acceptors (Lipinski definition) is 5. The average Bonchev–Trinajstić information content (AvgIpc) is 3.44. The first-order valence-corrected chi connectivity index (χ1v) is 14.8. The number of amides is 1. The Morgan fingerprint density at radius 2 is 1.41 bits per heavy atom. The molecule has 0 bridgehead atoms. The van der Waals surface area contributed by atoms with Gasteiger partial charge in [-0.3, -0.25) is 4.79 Å². The molecule has 1 saturated heterocycles. The molecule has 11 heteroatoms. The van der Waals surface area contributed by atoms with Crippen molar-refractivity contribution in [2.45, 2.75) is 41.6 Å². The summed E-state index contributed by atoms with van der Waals surface area (Å²) >= 11 is 0. The summed E-state index contributed by atoms with van der Waals surface area (Å²) < 4.78 is 68.4. The average molecular weight is 546 g/mol. The summed E-state index contributed by atoms with van der Waals surface area (Å²) in [6, 6.07) is 18.4. The molecule has 1 amide bonds. The Labute approximate surface area is 216 Å². The molecule has 3 aromatic rings. The number of hydrogen-bond donors (Lipinski definition) is 2. The molecule has 196 valence electrons. The molecule has 1 atom stereocenters. The second kappa shape index (κ2) is 11.5. The van der Waals surface area contributed by atoms with Gasteiger partial charge in [0, 0.05) is 19.6 Å². The highest BCUT2D eigenvalue weighted by Gasteiger charge is 2.28. The normalized spacial score (nSPS) is 15.4. The molecule has 1 fully saturated rings. The van der Waals surface area contributed by atoms with Crippen molar-refractivity contribution in [3.05, 3.63) is 95.8 Å². The molecule has 0 aromatic heterocycles. The minimum atomic E-state index is -4.10. The minimum Gasteiger partial charge on any atom is -0.351 e. The van der Waals surface area contributed by atoms with Gasteiger partial charge in [0.2, 0.25) is 26.0 Å². The Morgan fingerprint density at radius 1 is 0.811 bits per heavy atom. The van der Waals surface area contributed by atoms with Crippen molar-refractivity contribution in [3.63, 3.8) is 0 Å². The zero-order chi connectivity index (χ0) is 26.5. The van der Waals surface area contributed by atoms with E-state index in [1.807, 2.05) is 6.07 Å². The number of nitrogens with one attached hydrogen (secondary N) is 2. The van der Waals surface area contributed by atoms with Crippen LogP contribution in [-0.4, -0.2) is 46.2 Å². The molecule has 0 radical (unpaired) electrons. The van der Waals surface area contributed by atoms with Crippen LogP contribution in [0.1, 0.15) is 24.0 Å². The molecule has 3 aromatic carbocycles. The van der Waals surface area contributed by atoms with Crippen molar-refractivity contribution in [2.24, 2.45) is 0 Å². The van der Waals surface area contributed by atoms with Crippen molar-refractivity contribution in [2.75, 3.05) is 13.1 Å². The first-order chi connectivity index (χ1) is 17.6. The van der Waals surface area contributed by atoms with E-state index in [1.54, 1.807) is 36.4 Å². The van der Waals surface area contributed by atoms with E-state index < -0.39 is 37.8 Å². The summed E-state index contributed by atoms with van der Waals surface area (Å²) in [7, 11) is -7.64. The van der Waals surface area contributed by atoms with Gasteiger partial charge in [-0.1, -0.05) is 42.5 Å². The minimum absolute atomic E-state index is 0.0758. The first kappa shape index (κ1) is 26.9. The molecule has 1 aliphatic rings. The highest BCUT2D eigenvalue weighted by molar-refractivity contribution is 7.89. The summed E-state index contributed by atoms with van der Waals surface area (Å²) in [6.07, 6.45) is 1.79. The third kappa shape index (κ3) is 6.80. The van der Waals surface area contributed by atoms with Crippen LogP contribution in [0.4, 0.5) is 4.39 Å². The first-order valence-electron chi connectivity index (χ1n) is 11.8. The van der Waals surface area contributed by atoms with Gasteiger partial charge in [-0.25, -0.2) is 21.2 Å². The Morgan fingerprint density at radius 3 is 2.03 bits per heavy atom. The standard InChI is InChI=1S/C26H28FN3O5S2/c27-22-10-14-23(15-11-22)36(32,33)29-25(18-20-6-2-1-3-7-20)26(31)28-19-21-8-12-24(13-9-21)37(34,35)30-16-4-5-17-30/h1-3,6-15,25,29H,4-5,16-19H2,(H,28,31)/t25-/m1/s1. The molecule has 2 N–H and O–H groups in total. The second-order valence-electron chi connectivity index (χ2n) is 8.79. The predicted molar refractivity (Wildman–Crippen MR) is 137 cm³/mol. The van der Waals surface area contributed by atoms with Gasteiger partial charge in [-0.2, -0.15) is 9.03 Å². The van der Waals surface area contributed by atoms with Crippen molar-refractivity contribution in [1.82, 2.24) is 14.3 Å². The zero-order valence-electron chi connectivity index (χ0n) is 20.0. The molecule has 0 unspecified atom stereocenters. The second-order valence-corrected chi connectivity index (χ2v) is 12.4. The fourth-order valence-corrected chi connectivity index (χ4v) is 6.79. The molecular formula is C26H28FN3O5S2. The van der Waals surface area contributed by atoms with E-state index in [1.165, 1.54) is 16.4 Å². The molecule has 37 heavy (non-hydrogen) atoms. The molecule has 0 saturated carbocycles. The van der Waals surface area contributed by atoms with Gasteiger partial charge >= 0.3 is 0 Å². The predicted octanol–water partition coefficient (Wildman–Crippen LogP) is 2.82. The van der Waals surface area contributed by atoms with Gasteiger partial charge in [0.25, 0.3) is 0 Å². The van der Waals surface area contributed by atoms with Crippen LogP contribution in [0.2, 0.25) is 0 Å². The third-order valence-electron chi connectivity index (χ3n) is 6.11. The van der Waals surface area contributed by atoms with Crippen molar-refractivity contribution in [1.29, 1.82) is 0 Å². The lowest BCUT2D eigenvalue weighted by Gasteiger charge is -2.19. The monoisotopic (exact) mass is 545 g/mol. The number of nitrogens with zero attached hydrogens (tertiary/aromatic N) is 1. The van der Waals surface area contributed by atoms with Crippen LogP contribution in [0.5, 0.6) is 0 Å². The van der Waals surface area contributed by atoms with Gasteiger partial charge < -0.3 is 5.32 Å². The SMILES string of the molecule is O=C(NCc1ccc(S(=O)(=O)N2CCCC2)cc1)[C@@H](Cc1ccccc1)NS(=O)(=O)c1ccc(F)cc1. The van der Waals surface area contributed by atoms with E-state index in [-0.39, 0.29) is 22.8 Å². The number of sulfonamides is 2. The van der Waals surface area contributed by atoms with E-state index in [0.717, 1.165) is 42.7 Å². The smallest absolute Gasteiger partial charge is 0.243 e. The molecule has 1 heterocycles. The molecule has 4 rings (SSSR count). The number of halogens is 1. The molecule has 0 spiro atoms. The summed E-state index contributed by atoms with van der Waals surface area (Å²) in [5, 5.41) is 2.73. The van der Waals surface area contributed by atoms with E-state index in [9.17, 15) is 26.0 Å². The summed E-state index contributed by atoms with van der Waals surface area (Å²) in [4.78, 5) is 13.1. The lowest BCUT2D eigenvalue weighted by molar-refractivity contribution is -0.122. The van der Waals surface area contributed by atoms with Crippen molar-refractivity contribution < 1.29 is 26.0 Å². The Hall–Kier alpha value is -3.12. The van der Waals surface area contributed by atoms with Crippen LogP contribution in [-0.2, 0) is 37.8 Å². The van der Waals surface area contributed by atoms with Crippen molar-refractivity contribution >= 4 is 26.0 Å². The van der Waals surface area contributed by atoms with E-state index in [0.29, 0.717) is 18.7 Å². The van der Waals surface area contributed by atoms with Crippen LogP contribution in [0.25, 0.3) is 0 Å². The Kier molecular flexibility index (Phi) is 8.38. The fourth-order valence-electron chi connectivity index (χ4n) is 4.08. The van der Waals surface area contributed by atoms with E-state index in [2.05, 4.69) is 10.0 Å². The number of rotatable bonds is 10. The summed E-state index contributed by atoms with van der Waals surface area (Å²) in [5.74, 6) is -1.12. The van der Waals surface area contributed by atoms with Gasteiger partial charge in [0.1, 0.15) is 11.9 Å². The maximum atomic E-state index is 13.3. The van der Waals surface area contributed by atoms with Crippen molar-refractivity contribution in [3.8, 4) is 0 Å². The van der Waals surface area contributed by atoms with E-state index >= 15 is 0 Å². The number of carbonyl (C=O) groups is 1. The summed E-state index contributed by atoms with van der Waals surface area (Å²) in [6.45, 7) is 1.10. The van der Waals surface area contributed by atoms with Crippen LogP contribution in [0.15, 0.2) is 88.7 Å². The van der Waals surface area contributed by atoms with Gasteiger partial charge in [-0.15, -0.1) is 0 Å². The quantitative estimate of drug-likeness (QED) is 0.407. The Bertz CT molecular complexity index is 1420. The summed E-state index contributed by atoms with van der Waals surface area (Å²) in [5.41, 5.74) is 1.41. The fraction of sp³-hybridized carbons (Fsp3) is 0.269. The molecular weight excluding hydrogens is 517 g/mol. The Balaban J connectivity index is 1.46. The number of carbonyl (C=O) groups excluding carboxylic acids is 1. The highest BCUT2D eigenvalue weighted by atomic mass is 32.2. The molecule has 8 nitrogen and oxygen atoms in total.